The van der Waals surface area contributed by atoms with Gasteiger partial charge in [0.1, 0.15) is 5.75 Å². The Morgan fingerprint density at radius 3 is 2.52 bits per heavy atom. The lowest BCUT2D eigenvalue weighted by Gasteiger charge is -2.11. The first kappa shape index (κ1) is 23.3. The van der Waals surface area contributed by atoms with Gasteiger partial charge < -0.3 is 14.5 Å². The van der Waals surface area contributed by atoms with Gasteiger partial charge in [-0.2, -0.15) is 0 Å². The molecule has 0 aliphatic rings. The summed E-state index contributed by atoms with van der Waals surface area (Å²) in [4.78, 5) is 12.3. The third kappa shape index (κ3) is 6.58. The maximum Gasteiger partial charge on any atom is 0.277 e. The minimum absolute atomic E-state index is 0.104. The van der Waals surface area contributed by atoms with Gasteiger partial charge in [-0.25, -0.2) is 0 Å². The van der Waals surface area contributed by atoms with Crippen molar-refractivity contribution in [1.82, 2.24) is 10.2 Å². The molecule has 1 N–H and O–H groups in total. The summed E-state index contributed by atoms with van der Waals surface area (Å²) >= 11 is 4.71. The zero-order valence-corrected chi connectivity index (χ0v) is 20.5. The molecule has 0 fully saturated rings. The number of carbonyl (C=O) groups excluding carboxylic acids is 1. The first-order valence-corrected chi connectivity index (χ1v) is 11.8. The fourth-order valence-electron chi connectivity index (χ4n) is 3.35. The highest BCUT2D eigenvalue weighted by atomic mass is 79.9. The van der Waals surface area contributed by atoms with Crippen molar-refractivity contribution in [2.75, 3.05) is 18.2 Å². The standard InChI is InChI=1S/C23H26BrN3O3S/c1-14-10-17(8-9-19(14)29-4)6-5-7-21-26-27-23(30-21)31-13-20(28)25-22-15(2)11-18(24)12-16(22)3/h8-12H,5-7,13H2,1-4H3,(H,25,28). The van der Waals surface area contributed by atoms with Gasteiger partial charge in [-0.1, -0.05) is 39.8 Å². The molecule has 0 unspecified atom stereocenters. The lowest BCUT2D eigenvalue weighted by Crippen LogP contribution is -2.15. The van der Waals surface area contributed by atoms with Crippen LogP contribution in [0.2, 0.25) is 0 Å². The van der Waals surface area contributed by atoms with Gasteiger partial charge in [-0.15, -0.1) is 10.2 Å². The third-order valence-corrected chi connectivity index (χ3v) is 6.13. The number of methoxy groups -OCH3 is 1. The molecule has 1 aromatic heterocycles. The van der Waals surface area contributed by atoms with E-state index in [0.717, 1.165) is 45.4 Å². The summed E-state index contributed by atoms with van der Waals surface area (Å²) in [5, 5.41) is 11.5. The third-order valence-electron chi connectivity index (χ3n) is 4.85. The summed E-state index contributed by atoms with van der Waals surface area (Å²) in [7, 11) is 1.68. The van der Waals surface area contributed by atoms with Crippen LogP contribution in [0, 0.1) is 20.8 Å². The second-order valence-corrected chi connectivity index (χ2v) is 9.21. The summed E-state index contributed by atoms with van der Waals surface area (Å²) in [6.45, 7) is 5.98. The Morgan fingerprint density at radius 2 is 1.84 bits per heavy atom. The molecule has 8 heteroatoms. The molecule has 0 saturated heterocycles. The largest absolute Gasteiger partial charge is 0.496 e. The van der Waals surface area contributed by atoms with E-state index in [1.54, 1.807) is 7.11 Å². The molecule has 164 valence electrons. The number of amides is 1. The van der Waals surface area contributed by atoms with Crippen LogP contribution in [-0.4, -0.2) is 29.0 Å². The van der Waals surface area contributed by atoms with E-state index in [1.807, 2.05) is 39.0 Å². The van der Waals surface area contributed by atoms with Gasteiger partial charge in [0.05, 0.1) is 12.9 Å². The average Bonchev–Trinajstić information content (AvgIpc) is 3.17. The van der Waals surface area contributed by atoms with Gasteiger partial charge in [0.2, 0.25) is 11.8 Å². The number of nitrogens with one attached hydrogen (secondary N) is 1. The topological polar surface area (TPSA) is 77.2 Å². The molecular formula is C23H26BrN3O3S. The second kappa shape index (κ2) is 10.8. The van der Waals surface area contributed by atoms with Gasteiger partial charge in [0, 0.05) is 16.6 Å². The molecule has 0 radical (unpaired) electrons. The van der Waals surface area contributed by atoms with Gasteiger partial charge >= 0.3 is 0 Å². The van der Waals surface area contributed by atoms with E-state index in [1.165, 1.54) is 17.3 Å². The fraction of sp³-hybridized carbons (Fsp3) is 0.348. The van der Waals surface area contributed by atoms with Crippen LogP contribution in [0.15, 0.2) is 44.4 Å². The van der Waals surface area contributed by atoms with E-state index in [9.17, 15) is 4.79 Å². The fourth-order valence-corrected chi connectivity index (χ4v) is 4.62. The number of benzene rings is 2. The summed E-state index contributed by atoms with van der Waals surface area (Å²) in [5.41, 5.74) is 5.24. The summed E-state index contributed by atoms with van der Waals surface area (Å²) in [6, 6.07) is 10.2. The number of nitrogens with zero attached hydrogens (tertiary/aromatic N) is 2. The molecule has 0 bridgehead atoms. The van der Waals surface area contributed by atoms with Gasteiger partial charge in [0.25, 0.3) is 5.22 Å². The first-order valence-electron chi connectivity index (χ1n) is 10.0. The number of rotatable bonds is 9. The normalized spacial score (nSPS) is 10.9. The van der Waals surface area contributed by atoms with Crippen molar-refractivity contribution in [2.45, 2.75) is 45.3 Å². The van der Waals surface area contributed by atoms with E-state index >= 15 is 0 Å². The summed E-state index contributed by atoms with van der Waals surface area (Å²) < 4.78 is 12.0. The van der Waals surface area contributed by atoms with Crippen molar-refractivity contribution in [3.05, 3.63) is 62.9 Å². The zero-order chi connectivity index (χ0) is 22.4. The quantitative estimate of drug-likeness (QED) is 0.379. The van der Waals surface area contributed by atoms with E-state index in [2.05, 4.69) is 43.6 Å². The highest BCUT2D eigenvalue weighted by molar-refractivity contribution is 9.10. The number of thioether (sulfide) groups is 1. The highest BCUT2D eigenvalue weighted by Gasteiger charge is 2.12. The Morgan fingerprint density at radius 1 is 1.10 bits per heavy atom. The minimum Gasteiger partial charge on any atom is -0.496 e. The number of anilines is 1. The average molecular weight is 504 g/mol. The van der Waals surface area contributed by atoms with E-state index in [-0.39, 0.29) is 11.7 Å². The Bertz CT molecular complexity index is 1040. The molecule has 0 atom stereocenters. The van der Waals surface area contributed by atoms with Crippen LogP contribution in [0.3, 0.4) is 0 Å². The number of hydrogen-bond donors (Lipinski definition) is 1. The van der Waals surface area contributed by atoms with Crippen LogP contribution < -0.4 is 10.1 Å². The molecule has 6 nitrogen and oxygen atoms in total. The minimum atomic E-state index is -0.104. The lowest BCUT2D eigenvalue weighted by atomic mass is 10.1. The van der Waals surface area contributed by atoms with Crippen LogP contribution >= 0.6 is 27.7 Å². The number of aryl methyl sites for hydroxylation is 5. The van der Waals surface area contributed by atoms with E-state index in [4.69, 9.17) is 9.15 Å². The molecule has 1 heterocycles. The first-order chi connectivity index (χ1) is 14.9. The van der Waals surface area contributed by atoms with Gasteiger partial charge in [0.15, 0.2) is 0 Å². The summed E-state index contributed by atoms with van der Waals surface area (Å²) in [6.07, 6.45) is 2.52. The lowest BCUT2D eigenvalue weighted by molar-refractivity contribution is -0.113. The Kier molecular flexibility index (Phi) is 8.15. The Labute approximate surface area is 195 Å². The predicted molar refractivity (Wildman–Crippen MR) is 127 cm³/mol. The molecular weight excluding hydrogens is 478 g/mol. The molecule has 0 aliphatic carbocycles. The number of hydrogen-bond acceptors (Lipinski definition) is 6. The molecule has 1 amide bonds. The van der Waals surface area contributed by atoms with Crippen LogP contribution in [-0.2, 0) is 17.6 Å². The number of ether oxygens (including phenoxy) is 1. The van der Waals surface area contributed by atoms with E-state index in [0.29, 0.717) is 17.5 Å². The van der Waals surface area contributed by atoms with Crippen molar-refractivity contribution in [3.8, 4) is 5.75 Å². The van der Waals surface area contributed by atoms with Crippen molar-refractivity contribution in [2.24, 2.45) is 0 Å². The maximum absolute atomic E-state index is 12.3. The van der Waals surface area contributed by atoms with Crippen molar-refractivity contribution >= 4 is 39.3 Å². The highest BCUT2D eigenvalue weighted by Crippen LogP contribution is 2.26. The van der Waals surface area contributed by atoms with Crippen LogP contribution in [0.4, 0.5) is 5.69 Å². The Balaban J connectivity index is 1.45. The molecule has 31 heavy (non-hydrogen) atoms. The van der Waals surface area contributed by atoms with Crippen LogP contribution in [0.5, 0.6) is 5.75 Å². The second-order valence-electron chi connectivity index (χ2n) is 7.37. The van der Waals surface area contributed by atoms with Gasteiger partial charge in [-0.05, 0) is 74.1 Å². The van der Waals surface area contributed by atoms with Crippen LogP contribution in [0.1, 0.15) is 34.6 Å². The predicted octanol–water partition coefficient (Wildman–Crippen LogP) is 5.67. The molecule has 2 aromatic carbocycles. The molecule has 3 aromatic rings. The number of halogens is 1. The van der Waals surface area contributed by atoms with Crippen molar-refractivity contribution in [3.63, 3.8) is 0 Å². The van der Waals surface area contributed by atoms with Crippen molar-refractivity contribution in [1.29, 1.82) is 0 Å². The van der Waals surface area contributed by atoms with Gasteiger partial charge in [-0.3, -0.25) is 4.79 Å². The van der Waals surface area contributed by atoms with Crippen molar-refractivity contribution < 1.29 is 13.9 Å². The molecule has 0 aliphatic heterocycles. The number of carbonyl (C=O) groups is 1. The number of aromatic nitrogens is 2. The smallest absolute Gasteiger partial charge is 0.277 e. The summed E-state index contributed by atoms with van der Waals surface area (Å²) in [5.74, 6) is 1.60. The monoisotopic (exact) mass is 503 g/mol. The zero-order valence-electron chi connectivity index (χ0n) is 18.1. The SMILES string of the molecule is COc1ccc(CCCc2nnc(SCC(=O)Nc3c(C)cc(Br)cc3C)o2)cc1C. The van der Waals surface area contributed by atoms with E-state index < -0.39 is 0 Å². The molecule has 3 rings (SSSR count). The van der Waals surface area contributed by atoms with Crippen LogP contribution in [0.25, 0.3) is 0 Å². The maximum atomic E-state index is 12.3. The molecule has 0 saturated carbocycles. The molecule has 0 spiro atoms. The Hall–Kier alpha value is -2.32.